The summed E-state index contributed by atoms with van der Waals surface area (Å²) in [6, 6.07) is 15.6. The Morgan fingerprint density at radius 2 is 1.80 bits per heavy atom. The zero-order valence-electron chi connectivity index (χ0n) is 17.9. The van der Waals surface area contributed by atoms with Gasteiger partial charge in [0.05, 0.1) is 25.5 Å². The van der Waals surface area contributed by atoms with Crippen molar-refractivity contribution in [2.24, 2.45) is 0 Å². The Kier molecular flexibility index (Phi) is 7.28. The van der Waals surface area contributed by atoms with Gasteiger partial charge in [0.2, 0.25) is 10.0 Å². The van der Waals surface area contributed by atoms with Crippen LogP contribution in [0.25, 0.3) is 0 Å². The molecule has 0 aliphatic carbocycles. The number of aryl methyl sites for hydroxylation is 1. The molecular weight excluding hydrogens is 400 g/mol. The first-order valence-electron chi connectivity index (χ1n) is 10.4. The monoisotopic (exact) mass is 431 g/mol. The van der Waals surface area contributed by atoms with E-state index in [0.29, 0.717) is 25.8 Å². The van der Waals surface area contributed by atoms with Gasteiger partial charge in [-0.15, -0.1) is 0 Å². The standard InChI is InChI=1S/C23H30N2O4S/c1-18-11-13-20(14-12-18)30(27,28)25-16-7-10-21(25)23(26)29-22(15-17-24(2)3)19-8-5-4-6-9-19/h4-6,8-9,11-14,21-22H,7,10,15-17H2,1-3H3/p+1/t21-,22-/m1/s1. The van der Waals surface area contributed by atoms with E-state index in [2.05, 4.69) is 14.1 Å². The van der Waals surface area contributed by atoms with Crippen LogP contribution in [0.1, 0.15) is 36.5 Å². The molecule has 1 saturated heterocycles. The molecular formula is C23H31N2O4S+. The summed E-state index contributed by atoms with van der Waals surface area (Å²) in [5.41, 5.74) is 1.91. The van der Waals surface area contributed by atoms with Crippen molar-refractivity contribution in [3.8, 4) is 0 Å². The zero-order valence-corrected chi connectivity index (χ0v) is 18.7. The van der Waals surface area contributed by atoms with Crippen molar-refractivity contribution in [1.82, 2.24) is 4.31 Å². The van der Waals surface area contributed by atoms with Crippen molar-refractivity contribution in [2.75, 3.05) is 27.2 Å². The molecule has 0 bridgehead atoms. The van der Waals surface area contributed by atoms with Crippen molar-refractivity contribution in [2.45, 2.75) is 43.2 Å². The zero-order chi connectivity index (χ0) is 21.7. The highest BCUT2D eigenvalue weighted by molar-refractivity contribution is 7.89. The van der Waals surface area contributed by atoms with Gasteiger partial charge in [0.1, 0.15) is 12.1 Å². The number of carbonyl (C=O) groups excluding carboxylic acids is 1. The molecule has 2 aromatic rings. The summed E-state index contributed by atoms with van der Waals surface area (Å²) in [5, 5.41) is 0. The van der Waals surface area contributed by atoms with Crippen molar-refractivity contribution < 1.29 is 22.8 Å². The van der Waals surface area contributed by atoms with Gasteiger partial charge < -0.3 is 9.64 Å². The maximum Gasteiger partial charge on any atom is 0.325 e. The SMILES string of the molecule is Cc1ccc(S(=O)(=O)N2CCC[C@@H]2C(=O)O[C@H](CC[NH+](C)C)c2ccccc2)cc1. The molecule has 1 N–H and O–H groups in total. The average Bonchev–Trinajstić information content (AvgIpc) is 3.23. The first-order chi connectivity index (χ1) is 14.3. The largest absolute Gasteiger partial charge is 0.456 e. The van der Waals surface area contributed by atoms with Gasteiger partial charge in [-0.25, -0.2) is 8.42 Å². The highest BCUT2D eigenvalue weighted by atomic mass is 32.2. The second-order valence-electron chi connectivity index (χ2n) is 8.17. The number of carbonyl (C=O) groups is 1. The third kappa shape index (κ3) is 5.28. The van der Waals surface area contributed by atoms with Crippen molar-refractivity contribution in [3.05, 3.63) is 65.7 Å². The molecule has 6 nitrogen and oxygen atoms in total. The summed E-state index contributed by atoms with van der Waals surface area (Å²) >= 11 is 0. The predicted molar refractivity (Wildman–Crippen MR) is 116 cm³/mol. The fraction of sp³-hybridized carbons (Fsp3) is 0.435. The lowest BCUT2D eigenvalue weighted by Crippen LogP contribution is -3.05. The topological polar surface area (TPSA) is 68.1 Å². The average molecular weight is 432 g/mol. The number of sulfonamides is 1. The summed E-state index contributed by atoms with van der Waals surface area (Å²) in [5.74, 6) is -0.467. The number of hydrogen-bond donors (Lipinski definition) is 1. The molecule has 1 heterocycles. The summed E-state index contributed by atoms with van der Waals surface area (Å²) in [4.78, 5) is 14.6. The minimum atomic E-state index is -3.75. The Hall–Kier alpha value is -2.22. The Morgan fingerprint density at radius 1 is 1.13 bits per heavy atom. The molecule has 30 heavy (non-hydrogen) atoms. The van der Waals surface area contributed by atoms with Crippen LogP contribution in [-0.2, 0) is 19.6 Å². The van der Waals surface area contributed by atoms with E-state index in [9.17, 15) is 13.2 Å². The van der Waals surface area contributed by atoms with Gasteiger partial charge in [-0.05, 0) is 37.5 Å². The predicted octanol–water partition coefficient (Wildman–Crippen LogP) is 1.97. The van der Waals surface area contributed by atoms with E-state index in [1.165, 1.54) is 9.21 Å². The molecule has 0 radical (unpaired) electrons. The van der Waals surface area contributed by atoms with E-state index in [1.54, 1.807) is 24.3 Å². The second-order valence-corrected chi connectivity index (χ2v) is 10.1. The molecule has 0 unspecified atom stereocenters. The molecule has 0 saturated carbocycles. The Morgan fingerprint density at radius 3 is 2.43 bits per heavy atom. The van der Waals surface area contributed by atoms with Gasteiger partial charge in [0.25, 0.3) is 0 Å². The summed E-state index contributed by atoms with van der Waals surface area (Å²) in [6.45, 7) is 3.07. The first-order valence-corrected chi connectivity index (χ1v) is 11.9. The number of nitrogens with one attached hydrogen (secondary N) is 1. The van der Waals surface area contributed by atoms with Gasteiger partial charge in [-0.2, -0.15) is 4.31 Å². The summed E-state index contributed by atoms with van der Waals surface area (Å²) in [7, 11) is 0.357. The van der Waals surface area contributed by atoms with E-state index >= 15 is 0 Å². The lowest BCUT2D eigenvalue weighted by atomic mass is 10.1. The van der Waals surface area contributed by atoms with Crippen LogP contribution in [0.4, 0.5) is 0 Å². The molecule has 3 rings (SSSR count). The van der Waals surface area contributed by atoms with Gasteiger partial charge in [0.15, 0.2) is 0 Å². The number of hydrogen-bond acceptors (Lipinski definition) is 4. The molecule has 1 fully saturated rings. The molecule has 2 aromatic carbocycles. The smallest absolute Gasteiger partial charge is 0.325 e. The van der Waals surface area contributed by atoms with Crippen molar-refractivity contribution >= 4 is 16.0 Å². The van der Waals surface area contributed by atoms with Crippen LogP contribution >= 0.6 is 0 Å². The van der Waals surface area contributed by atoms with Gasteiger partial charge in [-0.3, -0.25) is 4.79 Å². The van der Waals surface area contributed by atoms with E-state index < -0.39 is 28.1 Å². The number of quaternary nitrogens is 1. The minimum absolute atomic E-state index is 0.212. The highest BCUT2D eigenvalue weighted by Crippen LogP contribution is 2.29. The fourth-order valence-electron chi connectivity index (χ4n) is 3.71. The molecule has 0 spiro atoms. The van der Waals surface area contributed by atoms with Crippen LogP contribution in [0, 0.1) is 6.92 Å². The van der Waals surface area contributed by atoms with Gasteiger partial charge in [-0.1, -0.05) is 48.0 Å². The quantitative estimate of drug-likeness (QED) is 0.649. The number of rotatable bonds is 8. The normalized spacial score (nSPS) is 18.5. The maximum absolute atomic E-state index is 13.1. The molecule has 7 heteroatoms. The second kappa shape index (κ2) is 9.73. The maximum atomic E-state index is 13.1. The van der Waals surface area contributed by atoms with Crippen LogP contribution in [0.15, 0.2) is 59.5 Å². The molecule has 162 valence electrons. The Bertz CT molecular complexity index is 943. The van der Waals surface area contributed by atoms with E-state index in [4.69, 9.17) is 4.74 Å². The first kappa shape index (κ1) is 22.5. The fourth-order valence-corrected chi connectivity index (χ4v) is 5.36. The highest BCUT2D eigenvalue weighted by Gasteiger charge is 2.41. The lowest BCUT2D eigenvalue weighted by Gasteiger charge is -2.26. The van der Waals surface area contributed by atoms with Crippen LogP contribution < -0.4 is 4.90 Å². The summed E-state index contributed by atoms with van der Waals surface area (Å²) in [6.07, 6.45) is 1.40. The van der Waals surface area contributed by atoms with E-state index in [-0.39, 0.29) is 4.90 Å². The van der Waals surface area contributed by atoms with Crippen LogP contribution in [0.3, 0.4) is 0 Å². The minimum Gasteiger partial charge on any atom is -0.456 e. The molecule has 1 aliphatic rings. The van der Waals surface area contributed by atoms with E-state index in [0.717, 1.165) is 17.7 Å². The van der Waals surface area contributed by atoms with Gasteiger partial charge in [0, 0.05) is 13.0 Å². The van der Waals surface area contributed by atoms with Crippen LogP contribution in [-0.4, -0.2) is 51.9 Å². The molecule has 2 atom stereocenters. The number of esters is 1. The number of nitrogens with zero attached hydrogens (tertiary/aromatic N) is 1. The lowest BCUT2D eigenvalue weighted by molar-refractivity contribution is -0.858. The number of benzene rings is 2. The van der Waals surface area contributed by atoms with E-state index in [1.807, 2.05) is 37.3 Å². The Labute approximate surface area is 179 Å². The van der Waals surface area contributed by atoms with Crippen molar-refractivity contribution in [1.29, 1.82) is 0 Å². The van der Waals surface area contributed by atoms with Gasteiger partial charge >= 0.3 is 5.97 Å². The molecule has 0 amide bonds. The summed E-state index contributed by atoms with van der Waals surface area (Å²) < 4.78 is 33.5. The van der Waals surface area contributed by atoms with Crippen molar-refractivity contribution in [3.63, 3.8) is 0 Å². The Balaban J connectivity index is 1.79. The van der Waals surface area contributed by atoms with Crippen LogP contribution in [0.2, 0.25) is 0 Å². The van der Waals surface area contributed by atoms with Crippen LogP contribution in [0.5, 0.6) is 0 Å². The third-order valence-corrected chi connectivity index (χ3v) is 7.36. The number of ether oxygens (including phenoxy) is 1. The third-order valence-electron chi connectivity index (χ3n) is 5.44. The molecule has 0 aromatic heterocycles. The molecule has 1 aliphatic heterocycles.